The van der Waals surface area contributed by atoms with Gasteiger partial charge < -0.3 is 5.32 Å². The number of rotatable bonds is 3. The Balaban J connectivity index is 1.74. The molecule has 2 aromatic heterocycles. The highest BCUT2D eigenvalue weighted by Gasteiger charge is 2.26. The maximum atomic E-state index is 12.1. The summed E-state index contributed by atoms with van der Waals surface area (Å²) in [5.74, 6) is 1.13. The lowest BCUT2D eigenvalue weighted by Gasteiger charge is -2.08. The molecule has 5 nitrogen and oxygen atoms in total. The highest BCUT2D eigenvalue weighted by molar-refractivity contribution is 6.04. The lowest BCUT2D eigenvalue weighted by molar-refractivity contribution is 0.102. The molecule has 2 aromatic rings. The monoisotopic (exact) mass is 268 g/mol. The van der Waals surface area contributed by atoms with Crippen LogP contribution in [-0.2, 0) is 0 Å². The Bertz CT molecular complexity index is 647. The second-order valence-electron chi connectivity index (χ2n) is 5.14. The third kappa shape index (κ3) is 2.66. The minimum absolute atomic E-state index is 0.207. The molecule has 1 amide bonds. The number of nitrogens with one attached hydrogen (secondary N) is 1. The largest absolute Gasteiger partial charge is 0.320 e. The van der Waals surface area contributed by atoms with E-state index in [1.807, 2.05) is 26.0 Å². The summed E-state index contributed by atoms with van der Waals surface area (Å²) in [6.45, 7) is 3.79. The van der Waals surface area contributed by atoms with Gasteiger partial charge >= 0.3 is 0 Å². The molecule has 0 aliphatic heterocycles. The van der Waals surface area contributed by atoms with E-state index in [-0.39, 0.29) is 5.91 Å². The Morgan fingerprint density at radius 3 is 2.50 bits per heavy atom. The molecule has 0 aromatic carbocycles. The van der Waals surface area contributed by atoms with Crippen molar-refractivity contribution in [3.63, 3.8) is 0 Å². The number of carbonyl (C=O) groups is 1. The first-order chi connectivity index (χ1) is 9.63. The molecule has 0 bridgehead atoms. The van der Waals surface area contributed by atoms with Crippen LogP contribution in [0.4, 0.5) is 5.69 Å². The summed E-state index contributed by atoms with van der Waals surface area (Å²) < 4.78 is 0. The predicted octanol–water partition coefficient (Wildman–Crippen LogP) is 2.62. The molecular weight excluding hydrogens is 252 g/mol. The topological polar surface area (TPSA) is 67.8 Å². The normalized spacial score (nSPS) is 14.1. The van der Waals surface area contributed by atoms with Crippen molar-refractivity contribution < 1.29 is 4.79 Å². The molecule has 1 fully saturated rings. The second kappa shape index (κ2) is 5.00. The number of carbonyl (C=O) groups excluding carboxylic acids is 1. The lowest BCUT2D eigenvalue weighted by Crippen LogP contribution is -2.14. The van der Waals surface area contributed by atoms with Crippen LogP contribution in [0, 0.1) is 13.8 Å². The third-order valence-electron chi connectivity index (χ3n) is 3.35. The van der Waals surface area contributed by atoms with Gasteiger partial charge in [0.2, 0.25) is 0 Å². The van der Waals surface area contributed by atoms with Crippen LogP contribution in [0.1, 0.15) is 46.3 Å². The summed E-state index contributed by atoms with van der Waals surface area (Å²) in [7, 11) is 0. The standard InChI is InChI=1S/C15H16N4O/c1-9-3-6-13(10(2)18-9)19-15(20)12-7-16-14(17-8-12)11-4-5-11/h3,6-8,11H,4-5H2,1-2H3,(H,19,20). The number of hydrogen-bond acceptors (Lipinski definition) is 4. The van der Waals surface area contributed by atoms with Gasteiger partial charge in [-0.1, -0.05) is 0 Å². The number of aryl methyl sites for hydroxylation is 2. The summed E-state index contributed by atoms with van der Waals surface area (Å²) in [6.07, 6.45) is 5.49. The second-order valence-corrected chi connectivity index (χ2v) is 5.14. The Kier molecular flexibility index (Phi) is 3.18. The first-order valence-electron chi connectivity index (χ1n) is 6.71. The average Bonchev–Trinajstić information content (AvgIpc) is 3.26. The molecule has 0 saturated heterocycles. The minimum atomic E-state index is -0.207. The molecule has 5 heteroatoms. The molecular formula is C15H16N4O. The van der Waals surface area contributed by atoms with Crippen molar-refractivity contribution in [2.24, 2.45) is 0 Å². The zero-order chi connectivity index (χ0) is 14.1. The Morgan fingerprint density at radius 1 is 1.20 bits per heavy atom. The van der Waals surface area contributed by atoms with Gasteiger partial charge in [0.1, 0.15) is 5.82 Å². The van der Waals surface area contributed by atoms with Gasteiger partial charge in [0.05, 0.1) is 16.9 Å². The van der Waals surface area contributed by atoms with E-state index in [0.717, 1.165) is 30.1 Å². The molecule has 20 heavy (non-hydrogen) atoms. The first-order valence-corrected chi connectivity index (χ1v) is 6.71. The van der Waals surface area contributed by atoms with Crippen molar-refractivity contribution in [3.8, 4) is 0 Å². The van der Waals surface area contributed by atoms with Crippen molar-refractivity contribution >= 4 is 11.6 Å². The van der Waals surface area contributed by atoms with E-state index >= 15 is 0 Å². The van der Waals surface area contributed by atoms with Crippen LogP contribution in [0.15, 0.2) is 24.5 Å². The van der Waals surface area contributed by atoms with Crippen molar-refractivity contribution in [3.05, 3.63) is 47.3 Å². The first kappa shape index (κ1) is 12.7. The molecule has 2 heterocycles. The number of aromatic nitrogens is 3. The maximum Gasteiger partial charge on any atom is 0.258 e. The van der Waals surface area contributed by atoms with Crippen molar-refractivity contribution in [1.29, 1.82) is 0 Å². The van der Waals surface area contributed by atoms with Gasteiger partial charge in [0.25, 0.3) is 5.91 Å². The van der Waals surface area contributed by atoms with Gasteiger partial charge in [0.15, 0.2) is 0 Å². The van der Waals surface area contributed by atoms with Gasteiger partial charge in [-0.2, -0.15) is 0 Å². The quantitative estimate of drug-likeness (QED) is 0.929. The maximum absolute atomic E-state index is 12.1. The molecule has 1 aliphatic rings. The average molecular weight is 268 g/mol. The smallest absolute Gasteiger partial charge is 0.258 e. The fraction of sp³-hybridized carbons (Fsp3) is 0.333. The molecule has 0 radical (unpaired) electrons. The molecule has 1 N–H and O–H groups in total. The Hall–Kier alpha value is -2.30. The summed E-state index contributed by atoms with van der Waals surface area (Å²) in [5, 5.41) is 2.84. The van der Waals surface area contributed by atoms with E-state index in [1.54, 1.807) is 12.4 Å². The van der Waals surface area contributed by atoms with Crippen LogP contribution < -0.4 is 5.32 Å². The summed E-state index contributed by atoms with van der Waals surface area (Å²) >= 11 is 0. The van der Waals surface area contributed by atoms with Crippen LogP contribution in [0.3, 0.4) is 0 Å². The molecule has 1 saturated carbocycles. The van der Waals surface area contributed by atoms with Gasteiger partial charge in [0, 0.05) is 24.0 Å². The highest BCUT2D eigenvalue weighted by atomic mass is 16.1. The van der Waals surface area contributed by atoms with E-state index in [2.05, 4.69) is 20.3 Å². The summed E-state index contributed by atoms with van der Waals surface area (Å²) in [6, 6.07) is 3.73. The SMILES string of the molecule is Cc1ccc(NC(=O)c2cnc(C3CC3)nc2)c(C)n1. The van der Waals surface area contributed by atoms with E-state index < -0.39 is 0 Å². The van der Waals surface area contributed by atoms with Crippen LogP contribution in [-0.4, -0.2) is 20.9 Å². The van der Waals surface area contributed by atoms with Crippen molar-refractivity contribution in [2.45, 2.75) is 32.6 Å². The number of pyridine rings is 1. The van der Waals surface area contributed by atoms with Gasteiger partial charge in [-0.3, -0.25) is 9.78 Å². The third-order valence-corrected chi connectivity index (χ3v) is 3.35. The predicted molar refractivity (Wildman–Crippen MR) is 75.7 cm³/mol. The number of anilines is 1. The molecule has 1 aliphatic carbocycles. The van der Waals surface area contributed by atoms with Crippen LogP contribution >= 0.6 is 0 Å². The fourth-order valence-electron chi connectivity index (χ4n) is 2.02. The van der Waals surface area contributed by atoms with E-state index in [4.69, 9.17) is 0 Å². The molecule has 0 unspecified atom stereocenters. The Labute approximate surface area is 117 Å². The van der Waals surface area contributed by atoms with Crippen LogP contribution in [0.2, 0.25) is 0 Å². The molecule has 3 rings (SSSR count). The van der Waals surface area contributed by atoms with Crippen molar-refractivity contribution in [1.82, 2.24) is 15.0 Å². The molecule has 102 valence electrons. The fourth-order valence-corrected chi connectivity index (χ4v) is 2.02. The number of amides is 1. The summed E-state index contributed by atoms with van der Waals surface area (Å²) in [4.78, 5) is 25.0. The number of hydrogen-bond donors (Lipinski definition) is 1. The van der Waals surface area contributed by atoms with Gasteiger partial charge in [-0.05, 0) is 38.8 Å². The van der Waals surface area contributed by atoms with Crippen LogP contribution in [0.25, 0.3) is 0 Å². The highest BCUT2D eigenvalue weighted by Crippen LogP contribution is 2.37. The molecule has 0 atom stereocenters. The van der Waals surface area contributed by atoms with E-state index in [1.165, 1.54) is 0 Å². The zero-order valence-corrected chi connectivity index (χ0v) is 11.6. The lowest BCUT2D eigenvalue weighted by atomic mass is 10.2. The van der Waals surface area contributed by atoms with Crippen LogP contribution in [0.5, 0.6) is 0 Å². The van der Waals surface area contributed by atoms with Crippen molar-refractivity contribution in [2.75, 3.05) is 5.32 Å². The number of nitrogens with zero attached hydrogens (tertiary/aromatic N) is 3. The van der Waals surface area contributed by atoms with E-state index in [9.17, 15) is 4.79 Å². The van der Waals surface area contributed by atoms with Gasteiger partial charge in [-0.15, -0.1) is 0 Å². The molecule has 0 spiro atoms. The summed E-state index contributed by atoms with van der Waals surface area (Å²) in [5.41, 5.74) is 2.91. The van der Waals surface area contributed by atoms with E-state index in [0.29, 0.717) is 17.2 Å². The minimum Gasteiger partial charge on any atom is -0.320 e. The zero-order valence-electron chi connectivity index (χ0n) is 11.6. The van der Waals surface area contributed by atoms with Gasteiger partial charge in [-0.25, -0.2) is 9.97 Å². The Morgan fingerprint density at radius 2 is 1.90 bits per heavy atom.